The fourth-order valence-electron chi connectivity index (χ4n) is 4.76. The Morgan fingerprint density at radius 3 is 2.41 bits per heavy atom. The summed E-state index contributed by atoms with van der Waals surface area (Å²) in [7, 11) is 3.54. The minimum Gasteiger partial charge on any atom is -0.453 e. The maximum Gasteiger partial charge on any atom is 0.407 e. The second-order valence-electron chi connectivity index (χ2n) is 6.16. The summed E-state index contributed by atoms with van der Waals surface area (Å²) in [5.74, 6) is 2.16. The van der Waals surface area contributed by atoms with Crippen molar-refractivity contribution in [2.24, 2.45) is 17.8 Å². The second kappa shape index (κ2) is 3.87. The lowest BCUT2D eigenvalue weighted by Gasteiger charge is -2.60. The molecule has 17 heavy (non-hydrogen) atoms. The van der Waals surface area contributed by atoms with E-state index in [4.69, 9.17) is 4.74 Å². The Morgan fingerprint density at radius 1 is 1.24 bits per heavy atom. The van der Waals surface area contributed by atoms with E-state index in [1.54, 1.807) is 0 Å². The van der Waals surface area contributed by atoms with Crippen LogP contribution in [-0.2, 0) is 4.74 Å². The molecule has 4 nitrogen and oxygen atoms in total. The first kappa shape index (κ1) is 11.3. The highest BCUT2D eigenvalue weighted by Gasteiger charge is 2.55. The zero-order valence-corrected chi connectivity index (χ0v) is 10.7. The van der Waals surface area contributed by atoms with E-state index in [0.717, 1.165) is 5.92 Å². The van der Waals surface area contributed by atoms with Crippen molar-refractivity contribution in [3.05, 3.63) is 0 Å². The lowest BCUT2D eigenvalue weighted by Crippen LogP contribution is -2.65. The van der Waals surface area contributed by atoms with Crippen molar-refractivity contribution >= 4 is 6.09 Å². The third-order valence-electron chi connectivity index (χ3n) is 5.27. The van der Waals surface area contributed by atoms with Crippen LogP contribution in [0.1, 0.15) is 32.1 Å². The topological polar surface area (TPSA) is 50.4 Å². The van der Waals surface area contributed by atoms with Crippen LogP contribution < -0.4 is 10.6 Å². The number of ether oxygens (including phenoxy) is 1. The molecule has 0 aliphatic heterocycles. The van der Waals surface area contributed by atoms with Crippen LogP contribution in [-0.4, -0.2) is 31.8 Å². The molecule has 0 aromatic carbocycles. The fourth-order valence-corrected chi connectivity index (χ4v) is 4.76. The molecule has 0 aromatic heterocycles. The molecule has 4 heteroatoms. The van der Waals surface area contributed by atoms with Gasteiger partial charge in [0.15, 0.2) is 0 Å². The molecule has 0 spiro atoms. The molecular formula is C13H22N2O2. The van der Waals surface area contributed by atoms with Crippen molar-refractivity contribution < 1.29 is 9.53 Å². The average Bonchev–Trinajstić information content (AvgIpc) is 2.32. The summed E-state index contributed by atoms with van der Waals surface area (Å²) < 4.78 is 4.74. The number of amides is 1. The highest BCUT2D eigenvalue weighted by Crippen LogP contribution is 2.55. The van der Waals surface area contributed by atoms with Gasteiger partial charge < -0.3 is 15.4 Å². The molecule has 4 saturated carbocycles. The van der Waals surface area contributed by atoms with Gasteiger partial charge in [0.2, 0.25) is 0 Å². The van der Waals surface area contributed by atoms with Gasteiger partial charge in [-0.25, -0.2) is 4.79 Å². The quantitative estimate of drug-likeness (QED) is 0.766. The first-order chi connectivity index (χ1) is 8.15. The standard InChI is InChI=1S/C13H22N2O2/c1-14-13-5-8-3-9(6-13)11(10(4-8)7-13)15-12(16)17-2/h8-11,14H,3-7H2,1-2H3,(H,15,16)/t8?,9-,10+,11?,13?. The summed E-state index contributed by atoms with van der Waals surface area (Å²) >= 11 is 0. The van der Waals surface area contributed by atoms with E-state index in [1.165, 1.54) is 39.2 Å². The number of carbonyl (C=O) groups is 1. The van der Waals surface area contributed by atoms with Crippen LogP contribution in [0.3, 0.4) is 0 Å². The number of hydrogen-bond donors (Lipinski definition) is 2. The zero-order chi connectivity index (χ0) is 12.0. The SMILES string of the molecule is CNC12CC3C[C@H](C1)C(NC(=O)OC)[C@@H](C3)C2. The monoisotopic (exact) mass is 238 g/mol. The van der Waals surface area contributed by atoms with Gasteiger partial charge in [-0.15, -0.1) is 0 Å². The number of hydrogen-bond acceptors (Lipinski definition) is 3. The molecule has 4 aliphatic carbocycles. The van der Waals surface area contributed by atoms with Crippen molar-refractivity contribution in [2.45, 2.75) is 43.7 Å². The van der Waals surface area contributed by atoms with Gasteiger partial charge in [0, 0.05) is 11.6 Å². The predicted molar refractivity (Wildman–Crippen MR) is 64.7 cm³/mol. The molecule has 0 saturated heterocycles. The Labute approximate surface area is 102 Å². The molecule has 96 valence electrons. The first-order valence-electron chi connectivity index (χ1n) is 6.69. The van der Waals surface area contributed by atoms with Crippen molar-refractivity contribution in [1.29, 1.82) is 0 Å². The van der Waals surface area contributed by atoms with Crippen LogP contribution in [0.15, 0.2) is 0 Å². The van der Waals surface area contributed by atoms with E-state index in [2.05, 4.69) is 17.7 Å². The van der Waals surface area contributed by atoms with Crippen LogP contribution in [0, 0.1) is 17.8 Å². The summed E-state index contributed by atoms with van der Waals surface area (Å²) in [6.45, 7) is 0. The lowest BCUT2D eigenvalue weighted by atomic mass is 9.51. The molecule has 5 atom stereocenters. The van der Waals surface area contributed by atoms with Gasteiger partial charge in [0.25, 0.3) is 0 Å². The van der Waals surface area contributed by atoms with E-state index in [9.17, 15) is 4.79 Å². The largest absolute Gasteiger partial charge is 0.453 e. The summed E-state index contributed by atoms with van der Waals surface area (Å²) in [6, 6.07) is 0.348. The van der Waals surface area contributed by atoms with Crippen LogP contribution in [0.2, 0.25) is 0 Å². The maximum atomic E-state index is 11.4. The van der Waals surface area contributed by atoms with E-state index in [1.807, 2.05) is 0 Å². The Balaban J connectivity index is 1.76. The van der Waals surface area contributed by atoms with Crippen LogP contribution in [0.5, 0.6) is 0 Å². The summed E-state index contributed by atoms with van der Waals surface area (Å²) in [5.41, 5.74) is 0.366. The highest BCUT2D eigenvalue weighted by atomic mass is 16.5. The number of alkyl carbamates (subject to hydrolysis) is 1. The van der Waals surface area contributed by atoms with Gasteiger partial charge in [-0.2, -0.15) is 0 Å². The number of nitrogens with one attached hydrogen (secondary N) is 2. The minimum atomic E-state index is -0.263. The normalized spacial score (nSPS) is 46.9. The van der Waals surface area contributed by atoms with Crippen molar-refractivity contribution in [3.8, 4) is 0 Å². The molecule has 0 aromatic rings. The third-order valence-corrected chi connectivity index (χ3v) is 5.27. The first-order valence-corrected chi connectivity index (χ1v) is 6.69. The molecule has 0 heterocycles. The van der Waals surface area contributed by atoms with E-state index < -0.39 is 0 Å². The molecule has 1 amide bonds. The Bertz CT molecular complexity index is 315. The van der Waals surface area contributed by atoms with Crippen LogP contribution >= 0.6 is 0 Å². The van der Waals surface area contributed by atoms with Gasteiger partial charge in [0.05, 0.1) is 7.11 Å². The smallest absolute Gasteiger partial charge is 0.407 e. The predicted octanol–water partition coefficient (Wildman–Crippen LogP) is 1.51. The van der Waals surface area contributed by atoms with E-state index in [0.29, 0.717) is 23.4 Å². The third kappa shape index (κ3) is 1.73. The molecule has 4 fully saturated rings. The lowest BCUT2D eigenvalue weighted by molar-refractivity contribution is -0.0421. The molecule has 2 N–H and O–H groups in total. The molecule has 3 unspecified atom stereocenters. The maximum absolute atomic E-state index is 11.4. The molecule has 4 aliphatic rings. The average molecular weight is 238 g/mol. The van der Waals surface area contributed by atoms with Crippen LogP contribution in [0.4, 0.5) is 4.79 Å². The molecule has 4 bridgehead atoms. The highest BCUT2D eigenvalue weighted by molar-refractivity contribution is 5.67. The molecule has 0 radical (unpaired) electrons. The molecular weight excluding hydrogens is 216 g/mol. The van der Waals surface area contributed by atoms with Gasteiger partial charge in [0.1, 0.15) is 0 Å². The zero-order valence-electron chi connectivity index (χ0n) is 10.7. The Hall–Kier alpha value is -0.770. The van der Waals surface area contributed by atoms with Crippen molar-refractivity contribution in [2.75, 3.05) is 14.2 Å². The van der Waals surface area contributed by atoms with Crippen molar-refractivity contribution in [1.82, 2.24) is 10.6 Å². The minimum absolute atomic E-state index is 0.263. The number of carbonyl (C=O) groups excluding carboxylic acids is 1. The van der Waals surface area contributed by atoms with Crippen LogP contribution in [0.25, 0.3) is 0 Å². The Kier molecular flexibility index (Phi) is 2.58. The number of rotatable bonds is 2. The van der Waals surface area contributed by atoms with E-state index in [-0.39, 0.29) is 6.09 Å². The molecule has 4 rings (SSSR count). The Morgan fingerprint density at radius 2 is 1.88 bits per heavy atom. The van der Waals surface area contributed by atoms with E-state index >= 15 is 0 Å². The summed E-state index contributed by atoms with van der Waals surface area (Å²) in [6.07, 6.45) is 6.07. The van der Waals surface area contributed by atoms with Gasteiger partial charge in [-0.1, -0.05) is 0 Å². The van der Waals surface area contributed by atoms with Gasteiger partial charge >= 0.3 is 6.09 Å². The summed E-state index contributed by atoms with van der Waals surface area (Å²) in [4.78, 5) is 11.4. The number of methoxy groups -OCH3 is 1. The summed E-state index contributed by atoms with van der Waals surface area (Å²) in [5, 5.41) is 6.62. The fraction of sp³-hybridized carbons (Fsp3) is 0.923. The van der Waals surface area contributed by atoms with Gasteiger partial charge in [-0.3, -0.25) is 0 Å². The van der Waals surface area contributed by atoms with Gasteiger partial charge in [-0.05, 0) is 56.9 Å². The van der Waals surface area contributed by atoms with Crippen molar-refractivity contribution in [3.63, 3.8) is 0 Å². The second-order valence-corrected chi connectivity index (χ2v) is 6.16.